The number of fused-ring (bicyclic) bond motifs is 1. The predicted molar refractivity (Wildman–Crippen MR) is 80.5 cm³/mol. The molecule has 0 aromatic carbocycles. The summed E-state index contributed by atoms with van der Waals surface area (Å²) in [6.07, 6.45) is 5.94. The van der Waals surface area contributed by atoms with Gasteiger partial charge in [0.05, 0.1) is 0 Å². The van der Waals surface area contributed by atoms with Gasteiger partial charge in [0.2, 0.25) is 0 Å². The molecule has 1 fully saturated rings. The lowest BCUT2D eigenvalue weighted by molar-refractivity contribution is 0.349. The molecule has 3 N–H and O–H groups in total. The minimum absolute atomic E-state index is 0.131. The minimum atomic E-state index is -0.375. The van der Waals surface area contributed by atoms with Gasteiger partial charge in [0.15, 0.2) is 11.2 Å². The fourth-order valence-corrected chi connectivity index (χ4v) is 3.29. The van der Waals surface area contributed by atoms with Gasteiger partial charge in [-0.25, -0.2) is 9.78 Å². The zero-order valence-corrected chi connectivity index (χ0v) is 12.3. The molecular weight excluding hydrogens is 270 g/mol. The lowest BCUT2D eigenvalue weighted by atomic mass is 9.95. The van der Waals surface area contributed by atoms with Crippen LogP contribution in [0, 0.1) is 0 Å². The van der Waals surface area contributed by atoms with E-state index in [0.717, 1.165) is 31.5 Å². The Morgan fingerprint density at radius 1 is 1.29 bits per heavy atom. The van der Waals surface area contributed by atoms with Gasteiger partial charge in [-0.15, -0.1) is 0 Å². The molecule has 0 radical (unpaired) electrons. The normalized spacial score (nSPS) is 16.7. The maximum Gasteiger partial charge on any atom is 0.330 e. The Labute approximate surface area is 121 Å². The average Bonchev–Trinajstić information content (AvgIpc) is 2.78. The maximum absolute atomic E-state index is 12.3. The zero-order chi connectivity index (χ0) is 15.0. The van der Waals surface area contributed by atoms with E-state index in [1.165, 1.54) is 6.42 Å². The van der Waals surface area contributed by atoms with Gasteiger partial charge in [-0.1, -0.05) is 19.3 Å². The molecule has 21 heavy (non-hydrogen) atoms. The molecule has 7 nitrogen and oxygen atoms in total. The molecule has 3 rings (SSSR count). The molecule has 0 bridgehead atoms. The van der Waals surface area contributed by atoms with Crippen molar-refractivity contribution in [2.24, 2.45) is 12.8 Å². The average molecular weight is 291 g/mol. The van der Waals surface area contributed by atoms with Crippen molar-refractivity contribution in [2.45, 2.75) is 44.6 Å². The van der Waals surface area contributed by atoms with E-state index < -0.39 is 0 Å². The zero-order valence-electron chi connectivity index (χ0n) is 12.3. The first-order chi connectivity index (χ1) is 10.1. The number of aromatic nitrogens is 4. The van der Waals surface area contributed by atoms with E-state index in [-0.39, 0.29) is 17.3 Å². The highest BCUT2D eigenvalue weighted by Crippen LogP contribution is 2.28. The number of nitrogens with two attached hydrogens (primary N) is 1. The molecule has 1 aliphatic carbocycles. The number of rotatable bonds is 3. The van der Waals surface area contributed by atoms with Crippen molar-refractivity contribution in [3.8, 4) is 0 Å². The number of H-pyrrole nitrogens is 1. The van der Waals surface area contributed by atoms with Crippen LogP contribution in [0.3, 0.4) is 0 Å². The number of aryl methyl sites for hydroxylation is 1. The molecular formula is C14H21N5O2. The number of hydrogen-bond donors (Lipinski definition) is 2. The van der Waals surface area contributed by atoms with Crippen molar-refractivity contribution in [1.29, 1.82) is 0 Å². The van der Waals surface area contributed by atoms with Gasteiger partial charge in [-0.05, 0) is 19.4 Å². The first-order valence-corrected chi connectivity index (χ1v) is 7.53. The van der Waals surface area contributed by atoms with E-state index in [2.05, 4.69) is 9.97 Å². The second-order valence-corrected chi connectivity index (χ2v) is 5.72. The highest BCUT2D eigenvalue weighted by Gasteiger charge is 2.23. The van der Waals surface area contributed by atoms with Gasteiger partial charge in [-0.2, -0.15) is 0 Å². The summed E-state index contributed by atoms with van der Waals surface area (Å²) in [5.74, 6) is 0.744. The summed E-state index contributed by atoms with van der Waals surface area (Å²) in [5, 5.41) is 0. The van der Waals surface area contributed by atoms with Crippen LogP contribution in [-0.2, 0) is 13.5 Å². The van der Waals surface area contributed by atoms with E-state index in [9.17, 15) is 9.59 Å². The van der Waals surface area contributed by atoms with Crippen molar-refractivity contribution in [3.05, 3.63) is 26.7 Å². The van der Waals surface area contributed by atoms with Crippen LogP contribution in [0.4, 0.5) is 0 Å². The van der Waals surface area contributed by atoms with Crippen molar-refractivity contribution >= 4 is 11.2 Å². The third kappa shape index (κ3) is 2.31. The fraction of sp³-hybridized carbons (Fsp3) is 0.643. The Hall–Kier alpha value is -1.89. The molecule has 1 saturated carbocycles. The van der Waals surface area contributed by atoms with Crippen molar-refractivity contribution in [3.63, 3.8) is 0 Å². The molecule has 2 aromatic rings. The Bertz CT molecular complexity index is 764. The third-order valence-electron chi connectivity index (χ3n) is 4.36. The number of hydrogen-bond acceptors (Lipinski definition) is 4. The second kappa shape index (κ2) is 5.48. The van der Waals surface area contributed by atoms with Gasteiger partial charge in [0.1, 0.15) is 5.82 Å². The second-order valence-electron chi connectivity index (χ2n) is 5.72. The molecule has 2 heterocycles. The summed E-state index contributed by atoms with van der Waals surface area (Å²) in [6.45, 7) is 0.461. The van der Waals surface area contributed by atoms with Gasteiger partial charge in [0.25, 0.3) is 5.56 Å². The van der Waals surface area contributed by atoms with Gasteiger partial charge in [-0.3, -0.25) is 14.3 Å². The van der Waals surface area contributed by atoms with Crippen molar-refractivity contribution in [1.82, 2.24) is 19.1 Å². The molecule has 1 aliphatic rings. The standard InChI is InChI=1S/C14H21N5O2/c1-18-10(7-8-15)16-12-11(18)13(20)17-14(21)19(12)9-5-3-2-4-6-9/h9H,2-8,15H2,1H3,(H,17,20,21). The summed E-state index contributed by atoms with van der Waals surface area (Å²) < 4.78 is 3.43. The molecule has 7 heteroatoms. The Kier molecular flexibility index (Phi) is 3.67. The molecule has 114 valence electrons. The third-order valence-corrected chi connectivity index (χ3v) is 4.36. The van der Waals surface area contributed by atoms with Crippen LogP contribution >= 0.6 is 0 Å². The number of nitrogens with one attached hydrogen (secondary N) is 1. The first-order valence-electron chi connectivity index (χ1n) is 7.53. The summed E-state index contributed by atoms with van der Waals surface area (Å²) in [5.41, 5.74) is 5.83. The SMILES string of the molecule is Cn1c(CCN)nc2c1c(=O)[nH]c(=O)n2C1CCCCC1. The largest absolute Gasteiger partial charge is 0.330 e. The molecule has 0 aliphatic heterocycles. The molecule has 0 saturated heterocycles. The summed E-state index contributed by atoms with van der Waals surface area (Å²) in [7, 11) is 1.80. The summed E-state index contributed by atoms with van der Waals surface area (Å²) in [6, 6.07) is 0.131. The summed E-state index contributed by atoms with van der Waals surface area (Å²) in [4.78, 5) is 31.3. The topological polar surface area (TPSA) is 98.7 Å². The molecule has 0 atom stereocenters. The van der Waals surface area contributed by atoms with Gasteiger partial charge >= 0.3 is 5.69 Å². The lowest BCUT2D eigenvalue weighted by Crippen LogP contribution is -2.34. The highest BCUT2D eigenvalue weighted by molar-refractivity contribution is 5.71. The number of aromatic amines is 1. The van der Waals surface area contributed by atoms with Crippen LogP contribution in [0.1, 0.15) is 44.0 Å². The van der Waals surface area contributed by atoms with E-state index >= 15 is 0 Å². The van der Waals surface area contributed by atoms with Crippen LogP contribution in [0.2, 0.25) is 0 Å². The molecule has 0 spiro atoms. The Morgan fingerprint density at radius 2 is 2.00 bits per heavy atom. The van der Waals surface area contributed by atoms with Crippen LogP contribution in [0.25, 0.3) is 11.2 Å². The van der Waals surface area contributed by atoms with Gasteiger partial charge in [0, 0.05) is 19.5 Å². The van der Waals surface area contributed by atoms with Crippen molar-refractivity contribution < 1.29 is 0 Å². The predicted octanol–water partition coefficient (Wildman–Crippen LogP) is 0.430. The van der Waals surface area contributed by atoms with Crippen LogP contribution in [0.15, 0.2) is 9.59 Å². The quantitative estimate of drug-likeness (QED) is 0.856. The van der Waals surface area contributed by atoms with E-state index in [1.807, 2.05) is 0 Å². The summed E-state index contributed by atoms with van der Waals surface area (Å²) >= 11 is 0. The van der Waals surface area contributed by atoms with E-state index in [0.29, 0.717) is 24.1 Å². The number of imidazole rings is 1. The van der Waals surface area contributed by atoms with Gasteiger partial charge < -0.3 is 10.3 Å². The maximum atomic E-state index is 12.3. The fourth-order valence-electron chi connectivity index (χ4n) is 3.29. The Morgan fingerprint density at radius 3 is 2.67 bits per heavy atom. The monoisotopic (exact) mass is 291 g/mol. The molecule has 0 unspecified atom stereocenters. The lowest BCUT2D eigenvalue weighted by Gasteiger charge is -2.23. The van der Waals surface area contributed by atoms with Crippen LogP contribution in [-0.4, -0.2) is 25.6 Å². The van der Waals surface area contributed by atoms with E-state index in [4.69, 9.17) is 5.73 Å². The van der Waals surface area contributed by atoms with Crippen molar-refractivity contribution in [2.75, 3.05) is 6.54 Å². The van der Waals surface area contributed by atoms with E-state index in [1.54, 1.807) is 16.2 Å². The first kappa shape index (κ1) is 14.1. The highest BCUT2D eigenvalue weighted by atomic mass is 16.2. The molecule has 0 amide bonds. The molecule has 2 aromatic heterocycles. The Balaban J connectivity index is 2.25. The van der Waals surface area contributed by atoms with Crippen LogP contribution in [0.5, 0.6) is 0 Å². The van der Waals surface area contributed by atoms with Crippen LogP contribution < -0.4 is 17.0 Å². The smallest absolute Gasteiger partial charge is 0.330 e. The number of nitrogens with zero attached hydrogens (tertiary/aromatic N) is 3. The minimum Gasteiger partial charge on any atom is -0.330 e.